The average molecular weight is 493 g/mol. The van der Waals surface area contributed by atoms with Gasteiger partial charge in [-0.3, -0.25) is 4.79 Å². The van der Waals surface area contributed by atoms with Crippen LogP contribution in [0.1, 0.15) is 32.7 Å². The van der Waals surface area contributed by atoms with Crippen LogP contribution in [0, 0.1) is 11.7 Å². The highest BCUT2D eigenvalue weighted by atomic mass is 35.5. The van der Waals surface area contributed by atoms with Crippen LogP contribution in [0.3, 0.4) is 0 Å². The van der Waals surface area contributed by atoms with Crippen LogP contribution in [0.4, 0.5) is 10.1 Å². The molecule has 3 aromatic rings. The molecule has 0 radical (unpaired) electrons. The van der Waals surface area contributed by atoms with Crippen molar-refractivity contribution >= 4 is 35.0 Å². The number of aromatic nitrogens is 3. The number of carbonyl (C=O) groups excluding carboxylic acids is 1. The van der Waals surface area contributed by atoms with Crippen LogP contribution in [0.2, 0.25) is 5.02 Å². The SMILES string of the molecule is COc1ccccc1OC(C)c1nnc(SCC(=O)Nc2ccc(F)c(Cl)c2)n1CC(C)C. The van der Waals surface area contributed by atoms with Gasteiger partial charge in [0.2, 0.25) is 5.91 Å². The van der Waals surface area contributed by atoms with Crippen molar-refractivity contribution in [1.29, 1.82) is 0 Å². The average Bonchev–Trinajstić information content (AvgIpc) is 3.17. The van der Waals surface area contributed by atoms with Gasteiger partial charge in [-0.05, 0) is 43.2 Å². The molecular weight excluding hydrogens is 467 g/mol. The molecule has 3 rings (SSSR count). The van der Waals surface area contributed by atoms with Gasteiger partial charge < -0.3 is 19.4 Å². The van der Waals surface area contributed by atoms with Crippen molar-refractivity contribution in [3.63, 3.8) is 0 Å². The maximum Gasteiger partial charge on any atom is 0.234 e. The molecule has 1 atom stereocenters. The van der Waals surface area contributed by atoms with Gasteiger partial charge in [-0.25, -0.2) is 4.39 Å². The second-order valence-corrected chi connectivity index (χ2v) is 9.07. The van der Waals surface area contributed by atoms with E-state index in [-0.39, 0.29) is 16.7 Å². The molecule has 33 heavy (non-hydrogen) atoms. The molecule has 176 valence electrons. The van der Waals surface area contributed by atoms with E-state index in [0.29, 0.717) is 40.6 Å². The summed E-state index contributed by atoms with van der Waals surface area (Å²) >= 11 is 7.04. The van der Waals surface area contributed by atoms with E-state index in [1.165, 1.54) is 30.0 Å². The summed E-state index contributed by atoms with van der Waals surface area (Å²) in [6, 6.07) is 11.4. The lowest BCUT2D eigenvalue weighted by atomic mass is 10.2. The van der Waals surface area contributed by atoms with Crippen molar-refractivity contribution in [2.75, 3.05) is 18.2 Å². The molecule has 0 bridgehead atoms. The summed E-state index contributed by atoms with van der Waals surface area (Å²) in [5.74, 6) is 1.53. The molecule has 0 aliphatic rings. The Kier molecular flexibility index (Phi) is 8.57. The summed E-state index contributed by atoms with van der Waals surface area (Å²) in [7, 11) is 1.59. The summed E-state index contributed by atoms with van der Waals surface area (Å²) in [5.41, 5.74) is 0.426. The first kappa shape index (κ1) is 24.9. The van der Waals surface area contributed by atoms with E-state index < -0.39 is 11.9 Å². The normalized spacial score (nSPS) is 12.0. The Morgan fingerprint density at radius 2 is 1.91 bits per heavy atom. The third kappa shape index (κ3) is 6.61. The van der Waals surface area contributed by atoms with E-state index in [1.807, 2.05) is 35.8 Å². The fraction of sp³-hybridized carbons (Fsp3) is 0.348. The Hall–Kier alpha value is -2.78. The van der Waals surface area contributed by atoms with Gasteiger partial charge in [-0.2, -0.15) is 0 Å². The fourth-order valence-electron chi connectivity index (χ4n) is 3.10. The van der Waals surface area contributed by atoms with Gasteiger partial charge >= 0.3 is 0 Å². The van der Waals surface area contributed by atoms with Gasteiger partial charge in [0.15, 0.2) is 28.6 Å². The number of methoxy groups -OCH3 is 1. The van der Waals surface area contributed by atoms with E-state index in [0.717, 1.165) is 0 Å². The Bertz CT molecular complexity index is 1110. The third-order valence-electron chi connectivity index (χ3n) is 4.57. The molecule has 2 aromatic carbocycles. The number of thioether (sulfide) groups is 1. The quantitative estimate of drug-likeness (QED) is 0.371. The van der Waals surface area contributed by atoms with E-state index >= 15 is 0 Å². The number of carbonyl (C=O) groups is 1. The van der Waals surface area contributed by atoms with Gasteiger partial charge in [-0.1, -0.05) is 49.3 Å². The zero-order valence-electron chi connectivity index (χ0n) is 18.8. The number of anilines is 1. The number of amides is 1. The molecule has 1 aromatic heterocycles. The van der Waals surface area contributed by atoms with Crippen LogP contribution in [-0.2, 0) is 11.3 Å². The summed E-state index contributed by atoms with van der Waals surface area (Å²) in [6.07, 6.45) is -0.392. The Labute approximate surface area is 201 Å². The molecule has 0 aliphatic carbocycles. The van der Waals surface area contributed by atoms with Crippen LogP contribution in [0.5, 0.6) is 11.5 Å². The number of benzene rings is 2. The first-order chi connectivity index (χ1) is 15.8. The Morgan fingerprint density at radius 3 is 2.58 bits per heavy atom. The minimum atomic E-state index is -0.539. The number of rotatable bonds is 10. The van der Waals surface area contributed by atoms with Crippen molar-refractivity contribution in [1.82, 2.24) is 14.8 Å². The zero-order valence-corrected chi connectivity index (χ0v) is 20.4. The Morgan fingerprint density at radius 1 is 1.18 bits per heavy atom. The van der Waals surface area contributed by atoms with Gasteiger partial charge in [0.25, 0.3) is 0 Å². The van der Waals surface area contributed by atoms with Crippen molar-refractivity contribution < 1.29 is 18.7 Å². The number of nitrogens with one attached hydrogen (secondary N) is 1. The molecule has 1 N–H and O–H groups in total. The van der Waals surface area contributed by atoms with Crippen LogP contribution in [-0.4, -0.2) is 33.5 Å². The van der Waals surface area contributed by atoms with Crippen molar-refractivity contribution in [3.8, 4) is 11.5 Å². The molecule has 0 spiro atoms. The summed E-state index contributed by atoms with van der Waals surface area (Å²) in [4.78, 5) is 12.4. The van der Waals surface area contributed by atoms with Gasteiger partial charge in [-0.15, -0.1) is 10.2 Å². The molecular formula is C23H26ClFN4O3S. The highest BCUT2D eigenvalue weighted by Gasteiger charge is 2.22. The molecule has 1 unspecified atom stereocenters. The standard InChI is InChI=1S/C23H26ClFN4O3S/c1-14(2)12-29-22(15(3)32-20-8-6-5-7-19(20)31-4)27-28-23(29)33-13-21(30)26-16-9-10-18(25)17(24)11-16/h5-11,14-15H,12-13H2,1-4H3,(H,26,30). The molecule has 10 heteroatoms. The summed E-state index contributed by atoms with van der Waals surface area (Å²) < 4.78 is 26.8. The second kappa shape index (κ2) is 11.4. The predicted octanol–water partition coefficient (Wildman–Crippen LogP) is 5.61. The zero-order chi connectivity index (χ0) is 24.0. The van der Waals surface area contributed by atoms with E-state index in [4.69, 9.17) is 21.1 Å². The van der Waals surface area contributed by atoms with Crippen LogP contribution in [0.15, 0.2) is 47.6 Å². The van der Waals surface area contributed by atoms with Crippen LogP contribution >= 0.6 is 23.4 Å². The van der Waals surface area contributed by atoms with Crippen molar-refractivity contribution in [2.45, 2.75) is 38.6 Å². The lowest BCUT2D eigenvalue weighted by Gasteiger charge is -2.19. The number of hydrogen-bond donors (Lipinski definition) is 1. The number of para-hydroxylation sites is 2. The fourth-order valence-corrected chi connectivity index (χ4v) is 4.04. The maximum atomic E-state index is 13.3. The van der Waals surface area contributed by atoms with Gasteiger partial charge in [0.1, 0.15) is 5.82 Å². The van der Waals surface area contributed by atoms with Crippen molar-refractivity contribution in [3.05, 3.63) is 59.1 Å². The summed E-state index contributed by atoms with van der Waals surface area (Å²) in [6.45, 7) is 6.75. The molecule has 7 nitrogen and oxygen atoms in total. The molecule has 0 aliphatic heterocycles. The number of hydrogen-bond acceptors (Lipinski definition) is 6. The number of ether oxygens (including phenoxy) is 2. The topological polar surface area (TPSA) is 78.3 Å². The van der Waals surface area contributed by atoms with E-state index in [9.17, 15) is 9.18 Å². The number of nitrogens with zero attached hydrogens (tertiary/aromatic N) is 3. The summed E-state index contributed by atoms with van der Waals surface area (Å²) in [5, 5.41) is 11.9. The minimum Gasteiger partial charge on any atom is -0.493 e. The third-order valence-corrected chi connectivity index (χ3v) is 5.82. The first-order valence-electron chi connectivity index (χ1n) is 10.4. The lowest BCUT2D eigenvalue weighted by Crippen LogP contribution is -2.17. The van der Waals surface area contributed by atoms with E-state index in [2.05, 4.69) is 29.4 Å². The van der Waals surface area contributed by atoms with Crippen LogP contribution < -0.4 is 14.8 Å². The smallest absolute Gasteiger partial charge is 0.234 e. The maximum absolute atomic E-state index is 13.3. The highest BCUT2D eigenvalue weighted by Crippen LogP contribution is 2.31. The minimum absolute atomic E-state index is 0.0502. The van der Waals surface area contributed by atoms with Gasteiger partial charge in [0, 0.05) is 12.2 Å². The monoisotopic (exact) mass is 492 g/mol. The van der Waals surface area contributed by atoms with E-state index in [1.54, 1.807) is 7.11 Å². The predicted molar refractivity (Wildman–Crippen MR) is 128 cm³/mol. The molecule has 0 fully saturated rings. The second-order valence-electron chi connectivity index (χ2n) is 7.72. The largest absolute Gasteiger partial charge is 0.493 e. The molecule has 0 saturated carbocycles. The molecule has 1 heterocycles. The first-order valence-corrected chi connectivity index (χ1v) is 11.7. The van der Waals surface area contributed by atoms with Crippen LogP contribution in [0.25, 0.3) is 0 Å². The lowest BCUT2D eigenvalue weighted by molar-refractivity contribution is -0.113. The van der Waals surface area contributed by atoms with Gasteiger partial charge in [0.05, 0.1) is 17.9 Å². The molecule has 1 amide bonds. The number of halogens is 2. The molecule has 0 saturated heterocycles. The van der Waals surface area contributed by atoms with Crippen molar-refractivity contribution in [2.24, 2.45) is 5.92 Å². The highest BCUT2D eigenvalue weighted by molar-refractivity contribution is 7.99. The Balaban J connectivity index is 1.71.